The standard InChI is InChI=1S/C14H11NO2/c1-2-4-13(16)12-7-11-9(8-15)5-3-6-10(11)14(12)17/h1,3,5-6,12-13,16H,4,7H2. The predicted octanol–water partition coefficient (Wildman–Crippen LogP) is 1.30. The SMILES string of the molecule is C#CCC(O)C1Cc2c(C#N)cccc2C1=O. The summed E-state index contributed by atoms with van der Waals surface area (Å²) in [6, 6.07) is 7.13. The van der Waals surface area contributed by atoms with Gasteiger partial charge in [-0.2, -0.15) is 5.26 Å². The number of aliphatic hydroxyl groups excluding tert-OH is 1. The van der Waals surface area contributed by atoms with Gasteiger partial charge in [0.1, 0.15) is 0 Å². The molecule has 1 aromatic carbocycles. The predicted molar refractivity (Wildman–Crippen MR) is 62.1 cm³/mol. The molecule has 0 radical (unpaired) electrons. The topological polar surface area (TPSA) is 61.1 Å². The lowest BCUT2D eigenvalue weighted by Gasteiger charge is -2.13. The highest BCUT2D eigenvalue weighted by molar-refractivity contribution is 6.03. The number of fused-ring (bicyclic) bond motifs is 1. The van der Waals surface area contributed by atoms with Gasteiger partial charge in [0, 0.05) is 12.0 Å². The number of nitriles is 1. The Hall–Kier alpha value is -2.10. The Morgan fingerprint density at radius 1 is 1.59 bits per heavy atom. The average Bonchev–Trinajstić information content (AvgIpc) is 2.67. The first-order chi connectivity index (χ1) is 8.19. The van der Waals surface area contributed by atoms with Crippen molar-refractivity contribution >= 4 is 5.78 Å². The van der Waals surface area contributed by atoms with Crippen LogP contribution in [0, 0.1) is 29.6 Å². The van der Waals surface area contributed by atoms with Crippen molar-refractivity contribution in [3.63, 3.8) is 0 Å². The van der Waals surface area contributed by atoms with Crippen LogP contribution >= 0.6 is 0 Å². The molecule has 0 aromatic heterocycles. The molecule has 0 bridgehead atoms. The Balaban J connectivity index is 2.37. The summed E-state index contributed by atoms with van der Waals surface area (Å²) in [4.78, 5) is 12.0. The number of hydrogen-bond donors (Lipinski definition) is 1. The van der Waals surface area contributed by atoms with Crippen LogP contribution in [0.15, 0.2) is 18.2 Å². The summed E-state index contributed by atoms with van der Waals surface area (Å²) < 4.78 is 0. The van der Waals surface area contributed by atoms with Crippen LogP contribution < -0.4 is 0 Å². The second kappa shape index (κ2) is 4.41. The molecule has 1 N–H and O–H groups in total. The van der Waals surface area contributed by atoms with Gasteiger partial charge in [-0.05, 0) is 18.1 Å². The van der Waals surface area contributed by atoms with Crippen LogP contribution in [0.3, 0.4) is 0 Å². The molecular weight excluding hydrogens is 214 g/mol. The third kappa shape index (κ3) is 1.82. The smallest absolute Gasteiger partial charge is 0.169 e. The number of Topliss-reactive ketones (excluding diaryl/α,β-unsaturated/α-hetero) is 1. The van der Waals surface area contributed by atoms with E-state index in [0.717, 1.165) is 5.56 Å². The number of ketones is 1. The molecule has 0 saturated carbocycles. The van der Waals surface area contributed by atoms with E-state index in [0.29, 0.717) is 17.5 Å². The minimum absolute atomic E-state index is 0.111. The van der Waals surface area contributed by atoms with Gasteiger partial charge in [0.25, 0.3) is 0 Å². The molecule has 2 unspecified atom stereocenters. The quantitative estimate of drug-likeness (QED) is 0.772. The Morgan fingerprint density at radius 3 is 3.00 bits per heavy atom. The van der Waals surface area contributed by atoms with Crippen molar-refractivity contribution in [1.29, 1.82) is 5.26 Å². The van der Waals surface area contributed by atoms with E-state index in [1.165, 1.54) is 0 Å². The maximum absolute atomic E-state index is 12.0. The Bertz CT molecular complexity index is 548. The Kier molecular flexibility index (Phi) is 2.95. The normalized spacial score (nSPS) is 19.2. The molecule has 1 aliphatic rings. The van der Waals surface area contributed by atoms with Crippen molar-refractivity contribution in [3.05, 3.63) is 34.9 Å². The van der Waals surface area contributed by atoms with Crippen molar-refractivity contribution in [3.8, 4) is 18.4 Å². The molecule has 0 saturated heterocycles. The molecule has 0 amide bonds. The Morgan fingerprint density at radius 2 is 2.35 bits per heavy atom. The van der Waals surface area contributed by atoms with Gasteiger partial charge in [-0.3, -0.25) is 4.79 Å². The van der Waals surface area contributed by atoms with E-state index < -0.39 is 12.0 Å². The minimum atomic E-state index is -0.827. The largest absolute Gasteiger partial charge is 0.391 e. The van der Waals surface area contributed by atoms with Crippen molar-refractivity contribution < 1.29 is 9.90 Å². The van der Waals surface area contributed by atoms with Crippen LogP contribution in [0.4, 0.5) is 0 Å². The van der Waals surface area contributed by atoms with E-state index in [2.05, 4.69) is 12.0 Å². The van der Waals surface area contributed by atoms with Gasteiger partial charge in [-0.25, -0.2) is 0 Å². The van der Waals surface area contributed by atoms with Gasteiger partial charge in [0.05, 0.1) is 23.7 Å². The minimum Gasteiger partial charge on any atom is -0.391 e. The maximum atomic E-state index is 12.0. The molecule has 2 atom stereocenters. The summed E-state index contributed by atoms with van der Waals surface area (Å²) >= 11 is 0. The fourth-order valence-electron chi connectivity index (χ4n) is 2.23. The molecule has 0 spiro atoms. The van der Waals surface area contributed by atoms with Gasteiger partial charge >= 0.3 is 0 Å². The van der Waals surface area contributed by atoms with Gasteiger partial charge in [-0.15, -0.1) is 12.3 Å². The van der Waals surface area contributed by atoms with Crippen molar-refractivity contribution in [2.75, 3.05) is 0 Å². The van der Waals surface area contributed by atoms with Crippen LogP contribution in [0.25, 0.3) is 0 Å². The van der Waals surface area contributed by atoms with E-state index in [9.17, 15) is 9.90 Å². The third-order valence-electron chi connectivity index (χ3n) is 3.11. The van der Waals surface area contributed by atoms with Crippen LogP contribution in [0.5, 0.6) is 0 Å². The van der Waals surface area contributed by atoms with E-state index in [4.69, 9.17) is 11.7 Å². The summed E-state index contributed by atoms with van der Waals surface area (Å²) in [6.45, 7) is 0. The highest BCUT2D eigenvalue weighted by Gasteiger charge is 2.36. The first kappa shape index (κ1) is 11.4. The number of carbonyl (C=O) groups is 1. The molecule has 2 rings (SSSR count). The maximum Gasteiger partial charge on any atom is 0.169 e. The molecule has 1 aromatic rings. The molecular formula is C14H11NO2. The van der Waals surface area contributed by atoms with Gasteiger partial charge in [0.15, 0.2) is 5.78 Å². The molecule has 0 aliphatic heterocycles. The fraction of sp³-hybridized carbons (Fsp3) is 0.286. The van der Waals surface area contributed by atoms with E-state index >= 15 is 0 Å². The zero-order valence-electron chi connectivity index (χ0n) is 9.18. The fourth-order valence-corrected chi connectivity index (χ4v) is 2.23. The summed E-state index contributed by atoms with van der Waals surface area (Å²) in [5.41, 5.74) is 1.79. The lowest BCUT2D eigenvalue weighted by Crippen LogP contribution is -2.25. The molecule has 3 heteroatoms. The first-order valence-corrected chi connectivity index (χ1v) is 5.36. The highest BCUT2D eigenvalue weighted by atomic mass is 16.3. The molecule has 3 nitrogen and oxygen atoms in total. The van der Waals surface area contributed by atoms with E-state index in [1.54, 1.807) is 18.2 Å². The number of terminal acetylenes is 1. The monoisotopic (exact) mass is 225 g/mol. The summed E-state index contributed by atoms with van der Waals surface area (Å²) in [5.74, 6) is 1.74. The second-order valence-corrected chi connectivity index (χ2v) is 4.09. The van der Waals surface area contributed by atoms with Gasteiger partial charge in [0.2, 0.25) is 0 Å². The first-order valence-electron chi connectivity index (χ1n) is 5.36. The van der Waals surface area contributed by atoms with Crippen LogP contribution in [0.1, 0.15) is 27.9 Å². The zero-order chi connectivity index (χ0) is 12.4. The number of nitrogens with zero attached hydrogens (tertiary/aromatic N) is 1. The zero-order valence-corrected chi connectivity index (χ0v) is 9.18. The second-order valence-electron chi connectivity index (χ2n) is 4.09. The van der Waals surface area contributed by atoms with E-state index in [1.807, 2.05) is 0 Å². The lowest BCUT2D eigenvalue weighted by atomic mass is 9.96. The highest BCUT2D eigenvalue weighted by Crippen LogP contribution is 2.31. The van der Waals surface area contributed by atoms with E-state index in [-0.39, 0.29) is 12.2 Å². The summed E-state index contributed by atoms with van der Waals surface area (Å²) in [7, 11) is 0. The molecule has 17 heavy (non-hydrogen) atoms. The van der Waals surface area contributed by atoms with Crippen LogP contribution in [-0.4, -0.2) is 17.0 Å². The third-order valence-corrected chi connectivity index (χ3v) is 3.11. The molecule has 1 aliphatic carbocycles. The van der Waals surface area contributed by atoms with Crippen LogP contribution in [-0.2, 0) is 6.42 Å². The summed E-state index contributed by atoms with van der Waals surface area (Å²) in [5, 5.41) is 18.8. The number of benzene rings is 1. The number of aliphatic hydroxyl groups is 1. The number of hydrogen-bond acceptors (Lipinski definition) is 3. The molecule has 84 valence electrons. The summed E-state index contributed by atoms with van der Waals surface area (Å²) in [6.07, 6.45) is 4.87. The lowest BCUT2D eigenvalue weighted by molar-refractivity contribution is 0.0725. The van der Waals surface area contributed by atoms with Crippen molar-refractivity contribution in [1.82, 2.24) is 0 Å². The van der Waals surface area contributed by atoms with Gasteiger partial charge in [-0.1, -0.05) is 12.1 Å². The Labute approximate surface area is 99.7 Å². The van der Waals surface area contributed by atoms with Crippen LogP contribution in [0.2, 0.25) is 0 Å². The van der Waals surface area contributed by atoms with Crippen molar-refractivity contribution in [2.45, 2.75) is 18.9 Å². The van der Waals surface area contributed by atoms with Gasteiger partial charge < -0.3 is 5.11 Å². The number of carbonyl (C=O) groups excluding carboxylic acids is 1. The molecule has 0 heterocycles. The average molecular weight is 225 g/mol. The number of rotatable bonds is 2. The molecule has 0 fully saturated rings. The van der Waals surface area contributed by atoms with Crippen molar-refractivity contribution in [2.24, 2.45) is 5.92 Å².